The maximum atomic E-state index is 11.4. The average molecular weight is 212 g/mol. The fraction of sp³-hybridized carbons (Fsp3) is 0.583. The van der Waals surface area contributed by atoms with Crippen molar-refractivity contribution in [2.75, 3.05) is 13.2 Å². The summed E-state index contributed by atoms with van der Waals surface area (Å²) in [6, 6.07) is 0. The number of esters is 1. The summed E-state index contributed by atoms with van der Waals surface area (Å²) in [6.07, 6.45) is 0.724. The Morgan fingerprint density at radius 3 is 2.40 bits per heavy atom. The highest BCUT2D eigenvalue weighted by atomic mass is 16.5. The zero-order chi connectivity index (χ0) is 11.8. The standard InChI is InChI=1S/C12H20O3/c1-6-11(5)15-12(13)10(4)8-14-7-9(2)3/h11H,2,4,6-8H2,1,3,5H3. The molecule has 15 heavy (non-hydrogen) atoms. The second-order valence-corrected chi connectivity index (χ2v) is 3.68. The van der Waals surface area contributed by atoms with Crippen LogP contribution in [0.2, 0.25) is 0 Å². The van der Waals surface area contributed by atoms with Crippen LogP contribution in [-0.2, 0) is 14.3 Å². The van der Waals surface area contributed by atoms with Crippen LogP contribution >= 0.6 is 0 Å². The first-order valence-corrected chi connectivity index (χ1v) is 5.08. The molecule has 1 unspecified atom stereocenters. The van der Waals surface area contributed by atoms with E-state index in [1.165, 1.54) is 0 Å². The second-order valence-electron chi connectivity index (χ2n) is 3.68. The molecule has 0 aromatic carbocycles. The highest BCUT2D eigenvalue weighted by molar-refractivity contribution is 5.88. The number of hydrogen-bond donors (Lipinski definition) is 0. The van der Waals surface area contributed by atoms with E-state index in [-0.39, 0.29) is 18.7 Å². The quantitative estimate of drug-likeness (QED) is 0.369. The van der Waals surface area contributed by atoms with Gasteiger partial charge in [-0.05, 0) is 20.3 Å². The van der Waals surface area contributed by atoms with Gasteiger partial charge in [0.15, 0.2) is 0 Å². The molecule has 0 aliphatic carbocycles. The molecule has 0 fully saturated rings. The van der Waals surface area contributed by atoms with E-state index >= 15 is 0 Å². The first-order valence-electron chi connectivity index (χ1n) is 5.08. The third-order valence-electron chi connectivity index (χ3n) is 1.80. The maximum absolute atomic E-state index is 11.4. The molecule has 0 radical (unpaired) electrons. The predicted molar refractivity (Wildman–Crippen MR) is 60.6 cm³/mol. The Morgan fingerprint density at radius 1 is 1.33 bits per heavy atom. The van der Waals surface area contributed by atoms with Crippen LogP contribution in [0.3, 0.4) is 0 Å². The largest absolute Gasteiger partial charge is 0.459 e. The van der Waals surface area contributed by atoms with Crippen LogP contribution in [0.4, 0.5) is 0 Å². The van der Waals surface area contributed by atoms with Crippen LogP contribution in [0.25, 0.3) is 0 Å². The van der Waals surface area contributed by atoms with Crippen LogP contribution < -0.4 is 0 Å². The van der Waals surface area contributed by atoms with Gasteiger partial charge in [0.2, 0.25) is 0 Å². The van der Waals surface area contributed by atoms with Gasteiger partial charge in [-0.15, -0.1) is 0 Å². The lowest BCUT2D eigenvalue weighted by molar-refractivity contribution is -0.144. The van der Waals surface area contributed by atoms with E-state index < -0.39 is 0 Å². The first-order chi connectivity index (χ1) is 6.97. The highest BCUT2D eigenvalue weighted by Crippen LogP contribution is 2.03. The van der Waals surface area contributed by atoms with Crippen molar-refractivity contribution in [1.29, 1.82) is 0 Å². The fourth-order valence-electron chi connectivity index (χ4n) is 0.757. The van der Waals surface area contributed by atoms with E-state index in [0.717, 1.165) is 12.0 Å². The molecule has 0 heterocycles. The van der Waals surface area contributed by atoms with Gasteiger partial charge in [0, 0.05) is 0 Å². The summed E-state index contributed by atoms with van der Waals surface area (Å²) >= 11 is 0. The lowest BCUT2D eigenvalue weighted by atomic mass is 10.3. The molecule has 3 heteroatoms. The van der Waals surface area contributed by atoms with Gasteiger partial charge in [0.05, 0.1) is 24.9 Å². The minimum atomic E-state index is -0.383. The van der Waals surface area contributed by atoms with E-state index in [4.69, 9.17) is 9.47 Å². The molecular formula is C12H20O3. The highest BCUT2D eigenvalue weighted by Gasteiger charge is 2.11. The van der Waals surface area contributed by atoms with Gasteiger partial charge in [0.1, 0.15) is 0 Å². The molecule has 0 bridgehead atoms. The lowest BCUT2D eigenvalue weighted by Gasteiger charge is -2.12. The van der Waals surface area contributed by atoms with Gasteiger partial charge in [-0.2, -0.15) is 0 Å². The summed E-state index contributed by atoms with van der Waals surface area (Å²) < 4.78 is 10.3. The van der Waals surface area contributed by atoms with Crippen molar-refractivity contribution in [2.24, 2.45) is 0 Å². The van der Waals surface area contributed by atoms with Gasteiger partial charge in [0.25, 0.3) is 0 Å². The van der Waals surface area contributed by atoms with Crippen LogP contribution in [0.15, 0.2) is 24.3 Å². The molecule has 3 nitrogen and oxygen atoms in total. The molecule has 0 rings (SSSR count). The number of hydrogen-bond acceptors (Lipinski definition) is 3. The average Bonchev–Trinajstić information content (AvgIpc) is 2.16. The van der Waals surface area contributed by atoms with E-state index in [2.05, 4.69) is 13.2 Å². The molecule has 0 aliphatic rings. The van der Waals surface area contributed by atoms with E-state index in [0.29, 0.717) is 12.2 Å². The zero-order valence-corrected chi connectivity index (χ0v) is 9.84. The molecule has 0 aromatic rings. The van der Waals surface area contributed by atoms with Crippen molar-refractivity contribution >= 4 is 5.97 Å². The van der Waals surface area contributed by atoms with Crippen LogP contribution in [0.5, 0.6) is 0 Å². The van der Waals surface area contributed by atoms with Crippen molar-refractivity contribution in [3.8, 4) is 0 Å². The van der Waals surface area contributed by atoms with Crippen molar-refractivity contribution in [1.82, 2.24) is 0 Å². The molecule has 0 aliphatic heterocycles. The maximum Gasteiger partial charge on any atom is 0.336 e. The summed E-state index contributed by atoms with van der Waals surface area (Å²) in [4.78, 5) is 11.4. The van der Waals surface area contributed by atoms with Crippen molar-refractivity contribution in [3.63, 3.8) is 0 Å². The summed E-state index contributed by atoms with van der Waals surface area (Å²) in [6.45, 7) is 13.6. The Morgan fingerprint density at radius 2 is 1.93 bits per heavy atom. The number of carbonyl (C=O) groups excluding carboxylic acids is 1. The molecule has 86 valence electrons. The van der Waals surface area contributed by atoms with Gasteiger partial charge < -0.3 is 9.47 Å². The Labute approximate surface area is 91.8 Å². The van der Waals surface area contributed by atoms with E-state index in [1.807, 2.05) is 20.8 Å². The third kappa shape index (κ3) is 6.91. The SMILES string of the molecule is C=C(C)COCC(=C)C(=O)OC(C)CC. The monoisotopic (exact) mass is 212 g/mol. The van der Waals surface area contributed by atoms with Crippen LogP contribution in [0, 0.1) is 0 Å². The smallest absolute Gasteiger partial charge is 0.336 e. The van der Waals surface area contributed by atoms with E-state index in [9.17, 15) is 4.79 Å². The zero-order valence-electron chi connectivity index (χ0n) is 9.84. The van der Waals surface area contributed by atoms with Crippen molar-refractivity contribution in [3.05, 3.63) is 24.3 Å². The molecule has 0 aromatic heterocycles. The molecule has 1 atom stereocenters. The molecule has 0 saturated heterocycles. The lowest BCUT2D eigenvalue weighted by Crippen LogP contribution is -2.18. The molecule has 0 spiro atoms. The second kappa shape index (κ2) is 7.23. The topological polar surface area (TPSA) is 35.5 Å². The molecule has 0 N–H and O–H groups in total. The number of rotatable bonds is 7. The Bertz CT molecular complexity index is 243. The molecule has 0 amide bonds. The Hall–Kier alpha value is -1.09. The minimum absolute atomic E-state index is 0.0737. The first kappa shape index (κ1) is 13.9. The summed E-state index contributed by atoms with van der Waals surface area (Å²) in [5.74, 6) is -0.383. The fourth-order valence-corrected chi connectivity index (χ4v) is 0.757. The minimum Gasteiger partial charge on any atom is -0.459 e. The number of carbonyl (C=O) groups is 1. The van der Waals surface area contributed by atoms with Crippen LogP contribution in [-0.4, -0.2) is 25.3 Å². The molecule has 0 saturated carbocycles. The van der Waals surface area contributed by atoms with Crippen LogP contribution in [0.1, 0.15) is 27.2 Å². The van der Waals surface area contributed by atoms with Crippen molar-refractivity contribution < 1.29 is 14.3 Å². The Kier molecular flexibility index (Phi) is 6.71. The summed E-state index contributed by atoms with van der Waals surface area (Å²) in [5.41, 5.74) is 1.26. The van der Waals surface area contributed by atoms with Gasteiger partial charge in [-0.25, -0.2) is 4.79 Å². The normalized spacial score (nSPS) is 11.9. The van der Waals surface area contributed by atoms with E-state index in [1.54, 1.807) is 0 Å². The van der Waals surface area contributed by atoms with Gasteiger partial charge in [-0.3, -0.25) is 0 Å². The third-order valence-corrected chi connectivity index (χ3v) is 1.80. The Balaban J connectivity index is 3.79. The predicted octanol–water partition coefficient (Wildman–Crippen LogP) is 2.48. The molecular weight excluding hydrogens is 192 g/mol. The van der Waals surface area contributed by atoms with Gasteiger partial charge >= 0.3 is 5.97 Å². The summed E-state index contributed by atoms with van der Waals surface area (Å²) in [7, 11) is 0. The van der Waals surface area contributed by atoms with Crippen molar-refractivity contribution in [2.45, 2.75) is 33.3 Å². The number of ether oxygens (including phenoxy) is 2. The van der Waals surface area contributed by atoms with Gasteiger partial charge in [-0.1, -0.05) is 25.7 Å². The summed E-state index contributed by atoms with van der Waals surface area (Å²) in [5, 5.41) is 0.